The summed E-state index contributed by atoms with van der Waals surface area (Å²) in [6.45, 7) is 7.14. The first kappa shape index (κ1) is 21.1. The van der Waals surface area contributed by atoms with E-state index in [9.17, 15) is 14.7 Å². The van der Waals surface area contributed by atoms with E-state index < -0.39 is 12.1 Å². The third-order valence-electron chi connectivity index (χ3n) is 9.79. The zero-order valence-electron chi connectivity index (χ0n) is 18.6. The van der Waals surface area contributed by atoms with Crippen molar-refractivity contribution in [3.05, 3.63) is 11.6 Å². The summed E-state index contributed by atoms with van der Waals surface area (Å²) < 4.78 is 4.73. The van der Waals surface area contributed by atoms with Crippen molar-refractivity contribution in [3.63, 3.8) is 0 Å². The van der Waals surface area contributed by atoms with Crippen LogP contribution in [-0.4, -0.2) is 30.1 Å². The van der Waals surface area contributed by atoms with Gasteiger partial charge in [0.05, 0.1) is 7.11 Å². The number of methoxy groups -OCH3 is 1. The minimum atomic E-state index is -1.00. The largest absolute Gasteiger partial charge is 0.467 e. The summed E-state index contributed by atoms with van der Waals surface area (Å²) in [5.74, 6) is 2.90. The molecule has 3 saturated carbocycles. The molecule has 1 N–H and O–H groups in total. The maximum atomic E-state index is 12.0. The summed E-state index contributed by atoms with van der Waals surface area (Å²) in [5.41, 5.74) is 1.96. The highest BCUT2D eigenvalue weighted by molar-refractivity contribution is 5.91. The highest BCUT2D eigenvalue weighted by Crippen LogP contribution is 2.67. The van der Waals surface area contributed by atoms with Crippen LogP contribution in [0.25, 0.3) is 0 Å². The van der Waals surface area contributed by atoms with Crippen molar-refractivity contribution in [2.24, 2.45) is 40.4 Å². The fourth-order valence-corrected chi connectivity index (χ4v) is 8.28. The van der Waals surface area contributed by atoms with Crippen molar-refractivity contribution in [1.29, 1.82) is 0 Å². The van der Waals surface area contributed by atoms with Crippen LogP contribution in [0.1, 0.15) is 78.6 Å². The van der Waals surface area contributed by atoms with E-state index in [0.717, 1.165) is 31.1 Å². The lowest BCUT2D eigenvalue weighted by Gasteiger charge is -2.58. The molecule has 0 radical (unpaired) electrons. The summed E-state index contributed by atoms with van der Waals surface area (Å²) in [6, 6.07) is 0. The van der Waals surface area contributed by atoms with E-state index in [-0.39, 0.29) is 5.41 Å². The van der Waals surface area contributed by atoms with Gasteiger partial charge in [0, 0.05) is 6.42 Å². The molecule has 0 aromatic heterocycles. The highest BCUT2D eigenvalue weighted by Gasteiger charge is 2.59. The topological polar surface area (TPSA) is 63.6 Å². The van der Waals surface area contributed by atoms with E-state index in [4.69, 9.17) is 4.74 Å². The normalized spacial score (nSPS) is 43.5. The van der Waals surface area contributed by atoms with Crippen LogP contribution >= 0.6 is 0 Å². The summed E-state index contributed by atoms with van der Waals surface area (Å²) in [5, 5.41) is 10.2. The lowest BCUT2D eigenvalue weighted by Crippen LogP contribution is -2.51. The molecule has 4 rings (SSSR count). The molecule has 8 atom stereocenters. The average molecular weight is 403 g/mol. The molecule has 0 bridgehead atoms. The number of allylic oxidation sites excluding steroid dienone is 1. The SMILES string of the molecule is COC(=O)C(O)C[C@@H](C)[C@H]1CC[C@H]2[C@@H]3CCC4=CC(=O)CC[C@]4(C)[C@H]3CC[C@]12C. The van der Waals surface area contributed by atoms with Gasteiger partial charge < -0.3 is 9.84 Å². The lowest BCUT2D eigenvalue weighted by atomic mass is 9.46. The number of rotatable bonds is 4. The summed E-state index contributed by atoms with van der Waals surface area (Å²) >= 11 is 0. The van der Waals surface area contributed by atoms with Gasteiger partial charge in [0.25, 0.3) is 0 Å². The number of aliphatic hydroxyl groups is 1. The first-order chi connectivity index (χ1) is 13.7. The number of ether oxygens (including phenoxy) is 1. The first-order valence-corrected chi connectivity index (χ1v) is 11.7. The smallest absolute Gasteiger partial charge is 0.334 e. The Hall–Kier alpha value is -1.16. The Bertz CT molecular complexity index is 712. The number of carbonyl (C=O) groups excluding carboxylic acids is 2. The van der Waals surface area contributed by atoms with E-state index in [1.165, 1.54) is 44.8 Å². The maximum absolute atomic E-state index is 12.0. The van der Waals surface area contributed by atoms with Crippen molar-refractivity contribution in [1.82, 2.24) is 0 Å². The molecule has 0 heterocycles. The number of hydrogen-bond acceptors (Lipinski definition) is 4. The van der Waals surface area contributed by atoms with Crippen LogP contribution in [-0.2, 0) is 14.3 Å². The molecule has 0 amide bonds. The summed E-state index contributed by atoms with van der Waals surface area (Å²) in [4.78, 5) is 23.7. The van der Waals surface area contributed by atoms with Gasteiger partial charge in [-0.3, -0.25) is 4.79 Å². The third kappa shape index (κ3) is 3.30. The fraction of sp³-hybridized carbons (Fsp3) is 0.840. The van der Waals surface area contributed by atoms with Gasteiger partial charge >= 0.3 is 5.97 Å². The van der Waals surface area contributed by atoms with Crippen LogP contribution in [0.5, 0.6) is 0 Å². The Morgan fingerprint density at radius 2 is 1.93 bits per heavy atom. The van der Waals surface area contributed by atoms with Crippen molar-refractivity contribution in [2.45, 2.75) is 84.7 Å². The standard InChI is InChI=1S/C25H38O4/c1-15(13-22(27)23(28)29-4)19-7-8-20-18-6-5-16-14-17(26)9-11-24(16,2)21(18)10-12-25(19,20)3/h14-15,18-22,27H,5-13H2,1-4H3/t15-,18+,19-,20+,21+,22?,24+,25-/m1/s1. The van der Waals surface area contributed by atoms with E-state index in [2.05, 4.69) is 20.8 Å². The van der Waals surface area contributed by atoms with Crippen molar-refractivity contribution >= 4 is 11.8 Å². The van der Waals surface area contributed by atoms with Crippen LogP contribution in [0.15, 0.2) is 11.6 Å². The average Bonchev–Trinajstić information content (AvgIpc) is 3.05. The molecular weight excluding hydrogens is 364 g/mol. The van der Waals surface area contributed by atoms with Gasteiger partial charge in [-0.15, -0.1) is 0 Å². The minimum Gasteiger partial charge on any atom is -0.467 e. The van der Waals surface area contributed by atoms with E-state index >= 15 is 0 Å². The Morgan fingerprint density at radius 3 is 2.66 bits per heavy atom. The first-order valence-electron chi connectivity index (χ1n) is 11.7. The molecular formula is C25H38O4. The van der Waals surface area contributed by atoms with Gasteiger partial charge in [-0.25, -0.2) is 4.79 Å². The second kappa shape index (κ2) is 7.51. The molecule has 0 aliphatic heterocycles. The molecule has 162 valence electrons. The molecule has 4 heteroatoms. The number of hydrogen-bond donors (Lipinski definition) is 1. The van der Waals surface area contributed by atoms with Gasteiger partial charge in [-0.2, -0.15) is 0 Å². The van der Waals surface area contributed by atoms with E-state index in [1.54, 1.807) is 0 Å². The second-order valence-corrected chi connectivity index (χ2v) is 10.9. The summed E-state index contributed by atoms with van der Waals surface area (Å²) in [6.07, 6.45) is 10.5. The number of ketones is 1. The summed E-state index contributed by atoms with van der Waals surface area (Å²) in [7, 11) is 1.34. The van der Waals surface area contributed by atoms with Crippen molar-refractivity contribution in [2.75, 3.05) is 7.11 Å². The number of fused-ring (bicyclic) bond motifs is 5. The van der Waals surface area contributed by atoms with Crippen LogP contribution in [0.4, 0.5) is 0 Å². The fourth-order valence-electron chi connectivity index (χ4n) is 8.28. The zero-order valence-corrected chi connectivity index (χ0v) is 18.6. The molecule has 4 nitrogen and oxygen atoms in total. The molecule has 0 saturated heterocycles. The molecule has 1 unspecified atom stereocenters. The Morgan fingerprint density at radius 1 is 1.17 bits per heavy atom. The monoisotopic (exact) mass is 402 g/mol. The van der Waals surface area contributed by atoms with Crippen molar-refractivity contribution < 1.29 is 19.4 Å². The van der Waals surface area contributed by atoms with Gasteiger partial charge in [0.15, 0.2) is 11.9 Å². The van der Waals surface area contributed by atoms with E-state index in [1.807, 2.05) is 6.08 Å². The molecule has 4 aliphatic carbocycles. The van der Waals surface area contributed by atoms with Crippen LogP contribution < -0.4 is 0 Å². The number of carbonyl (C=O) groups is 2. The van der Waals surface area contributed by atoms with Crippen LogP contribution in [0, 0.1) is 40.4 Å². The van der Waals surface area contributed by atoms with Gasteiger partial charge in [0.2, 0.25) is 0 Å². The molecule has 3 fully saturated rings. The highest BCUT2D eigenvalue weighted by atomic mass is 16.5. The molecule has 4 aliphatic rings. The van der Waals surface area contributed by atoms with E-state index in [0.29, 0.717) is 35.4 Å². The molecule has 0 aromatic rings. The number of aliphatic hydroxyl groups excluding tert-OH is 1. The predicted molar refractivity (Wildman–Crippen MR) is 112 cm³/mol. The van der Waals surface area contributed by atoms with Gasteiger partial charge in [-0.05, 0) is 97.9 Å². The van der Waals surface area contributed by atoms with Crippen LogP contribution in [0.2, 0.25) is 0 Å². The third-order valence-corrected chi connectivity index (χ3v) is 9.79. The van der Waals surface area contributed by atoms with Crippen LogP contribution in [0.3, 0.4) is 0 Å². The number of esters is 1. The van der Waals surface area contributed by atoms with Gasteiger partial charge in [0.1, 0.15) is 0 Å². The molecule has 0 spiro atoms. The Balaban J connectivity index is 1.52. The minimum absolute atomic E-state index is 0.225. The second-order valence-electron chi connectivity index (χ2n) is 10.9. The zero-order chi connectivity index (χ0) is 21.0. The maximum Gasteiger partial charge on any atom is 0.334 e. The quantitative estimate of drug-likeness (QED) is 0.693. The predicted octanol–water partition coefficient (Wildman–Crippen LogP) is 4.69. The molecule has 0 aromatic carbocycles. The molecule has 29 heavy (non-hydrogen) atoms. The van der Waals surface area contributed by atoms with Crippen molar-refractivity contribution in [3.8, 4) is 0 Å². The Labute approximate surface area is 175 Å². The van der Waals surface area contributed by atoms with Gasteiger partial charge in [-0.1, -0.05) is 26.3 Å². The Kier molecular flexibility index (Phi) is 5.46. The lowest BCUT2D eigenvalue weighted by molar-refractivity contribution is -0.151.